The molecule has 1 aliphatic heterocycles. The summed E-state index contributed by atoms with van der Waals surface area (Å²) in [4.78, 5) is 39.5. The minimum atomic E-state index is -0.977. The smallest absolute Gasteiger partial charge is 0.305 e. The number of likely N-dealkylation sites (tertiary alicyclic amines) is 1. The van der Waals surface area contributed by atoms with Crippen LogP contribution in [-0.4, -0.2) is 42.8 Å². The molecule has 0 radical (unpaired) electrons. The lowest BCUT2D eigenvalue weighted by atomic mass is 9.78. The van der Waals surface area contributed by atoms with E-state index in [2.05, 4.69) is 0 Å². The van der Waals surface area contributed by atoms with Gasteiger partial charge in [-0.3, -0.25) is 14.4 Å². The van der Waals surface area contributed by atoms with Crippen molar-refractivity contribution in [2.24, 2.45) is 11.3 Å². The predicted molar refractivity (Wildman–Crippen MR) is 109 cm³/mol. The molecule has 1 aromatic carbocycles. The Morgan fingerprint density at radius 3 is 2.28 bits per heavy atom. The van der Waals surface area contributed by atoms with Crippen molar-refractivity contribution in [1.82, 2.24) is 4.90 Å². The summed E-state index contributed by atoms with van der Waals surface area (Å²) < 4.78 is 4.73. The van der Waals surface area contributed by atoms with Crippen LogP contribution in [0.3, 0.4) is 0 Å². The number of amides is 1. The number of Topliss-reactive ketones (excluding diaryl/α,β-unsaturated/α-hetero) is 1. The first-order valence-corrected chi connectivity index (χ1v) is 9.82. The number of ether oxygens (including phenoxy) is 1. The Bertz CT molecular complexity index is 839. The van der Waals surface area contributed by atoms with Crippen molar-refractivity contribution in [2.45, 2.75) is 40.0 Å². The van der Waals surface area contributed by atoms with E-state index < -0.39 is 5.41 Å². The summed E-state index contributed by atoms with van der Waals surface area (Å²) in [6, 6.07) is 8.46. The molecule has 0 unspecified atom stereocenters. The van der Waals surface area contributed by atoms with Gasteiger partial charge in [0.25, 0.3) is 0 Å². The SMILES string of the molecule is CC=C(C(=O)c1ccc(C#N)cc1)C(C)(C)C(=O)N1CCC(CC(=O)OC)CC1. The largest absolute Gasteiger partial charge is 0.469 e. The molecule has 0 aliphatic carbocycles. The molecule has 0 spiro atoms. The molecule has 0 saturated carbocycles. The molecule has 0 aromatic heterocycles. The molecule has 1 aromatic rings. The molecule has 29 heavy (non-hydrogen) atoms. The van der Waals surface area contributed by atoms with E-state index in [1.54, 1.807) is 56.0 Å². The van der Waals surface area contributed by atoms with Crippen molar-refractivity contribution in [3.63, 3.8) is 0 Å². The Kier molecular flexibility index (Phi) is 7.33. The third-order valence-corrected chi connectivity index (χ3v) is 5.60. The second-order valence-electron chi connectivity index (χ2n) is 7.86. The fourth-order valence-electron chi connectivity index (χ4n) is 3.80. The van der Waals surface area contributed by atoms with Gasteiger partial charge in [-0.1, -0.05) is 6.08 Å². The maximum absolute atomic E-state index is 13.2. The van der Waals surface area contributed by atoms with Crippen LogP contribution in [0.2, 0.25) is 0 Å². The van der Waals surface area contributed by atoms with E-state index in [1.165, 1.54) is 7.11 Å². The minimum Gasteiger partial charge on any atom is -0.469 e. The third kappa shape index (κ3) is 5.11. The van der Waals surface area contributed by atoms with E-state index >= 15 is 0 Å². The van der Waals surface area contributed by atoms with Crippen molar-refractivity contribution in [3.05, 3.63) is 47.0 Å². The van der Waals surface area contributed by atoms with E-state index in [0.29, 0.717) is 36.2 Å². The summed E-state index contributed by atoms with van der Waals surface area (Å²) in [5.74, 6) is -0.310. The van der Waals surface area contributed by atoms with Crippen molar-refractivity contribution < 1.29 is 19.1 Å². The Hall–Kier alpha value is -2.94. The van der Waals surface area contributed by atoms with Gasteiger partial charge in [0.2, 0.25) is 5.91 Å². The van der Waals surface area contributed by atoms with Gasteiger partial charge in [-0.25, -0.2) is 0 Å². The van der Waals surface area contributed by atoms with Crippen LogP contribution in [0.1, 0.15) is 56.0 Å². The Morgan fingerprint density at radius 2 is 1.79 bits per heavy atom. The molecular formula is C23H28N2O4. The van der Waals surface area contributed by atoms with Crippen LogP contribution in [0.15, 0.2) is 35.9 Å². The summed E-state index contributed by atoms with van der Waals surface area (Å²) in [5.41, 5.74) is 0.391. The number of esters is 1. The van der Waals surface area contributed by atoms with Gasteiger partial charge in [0, 0.05) is 30.6 Å². The summed E-state index contributed by atoms with van der Waals surface area (Å²) in [6.07, 6.45) is 3.55. The maximum atomic E-state index is 13.2. The van der Waals surface area contributed by atoms with Crippen molar-refractivity contribution >= 4 is 17.7 Å². The normalized spacial score (nSPS) is 15.6. The molecule has 0 bridgehead atoms. The fourth-order valence-corrected chi connectivity index (χ4v) is 3.80. The molecule has 1 amide bonds. The molecule has 1 aliphatic rings. The van der Waals surface area contributed by atoms with E-state index in [-0.39, 0.29) is 23.6 Å². The number of piperidine rings is 1. The number of rotatable bonds is 6. The van der Waals surface area contributed by atoms with E-state index in [1.807, 2.05) is 6.07 Å². The maximum Gasteiger partial charge on any atom is 0.305 e. The standard InChI is InChI=1S/C23H28N2O4/c1-5-19(21(27)18-8-6-17(15-24)7-9-18)23(2,3)22(28)25-12-10-16(11-13-25)14-20(26)29-4/h5-9,16H,10-14H2,1-4H3. The van der Waals surface area contributed by atoms with Crippen LogP contribution < -0.4 is 0 Å². The fraction of sp³-hybridized carbons (Fsp3) is 0.478. The number of carbonyl (C=O) groups is 3. The molecule has 6 heteroatoms. The molecule has 0 N–H and O–H groups in total. The number of benzene rings is 1. The number of hydrogen-bond acceptors (Lipinski definition) is 5. The van der Waals surface area contributed by atoms with Gasteiger partial charge >= 0.3 is 5.97 Å². The molecule has 154 valence electrons. The zero-order valence-corrected chi connectivity index (χ0v) is 17.5. The topological polar surface area (TPSA) is 87.5 Å². The lowest BCUT2D eigenvalue weighted by Crippen LogP contribution is -2.47. The van der Waals surface area contributed by atoms with Gasteiger partial charge in [-0.2, -0.15) is 5.26 Å². The van der Waals surface area contributed by atoms with Crippen molar-refractivity contribution in [2.75, 3.05) is 20.2 Å². The molecule has 6 nitrogen and oxygen atoms in total. The van der Waals surface area contributed by atoms with Crippen molar-refractivity contribution in [3.8, 4) is 6.07 Å². The highest BCUT2D eigenvalue weighted by Crippen LogP contribution is 2.33. The second kappa shape index (κ2) is 9.51. The molecular weight excluding hydrogens is 368 g/mol. The summed E-state index contributed by atoms with van der Waals surface area (Å²) in [5, 5.41) is 8.93. The van der Waals surface area contributed by atoms with Gasteiger partial charge in [0.05, 0.1) is 24.2 Å². The number of ketones is 1. The number of nitrogens with zero attached hydrogens (tertiary/aromatic N) is 2. The van der Waals surface area contributed by atoms with Crippen molar-refractivity contribution in [1.29, 1.82) is 5.26 Å². The number of nitriles is 1. The first-order chi connectivity index (χ1) is 13.7. The van der Waals surface area contributed by atoms with E-state index in [9.17, 15) is 14.4 Å². The lowest BCUT2D eigenvalue weighted by molar-refractivity contribution is -0.143. The monoisotopic (exact) mass is 396 g/mol. The predicted octanol–water partition coefficient (Wildman–Crippen LogP) is 3.52. The van der Waals surface area contributed by atoms with Crippen LogP contribution in [0, 0.1) is 22.7 Å². The quantitative estimate of drug-likeness (QED) is 0.417. The number of methoxy groups -OCH3 is 1. The van der Waals surface area contributed by atoms with Crippen LogP contribution in [0.25, 0.3) is 0 Å². The third-order valence-electron chi connectivity index (χ3n) is 5.60. The van der Waals surface area contributed by atoms with Crippen LogP contribution >= 0.6 is 0 Å². The summed E-state index contributed by atoms with van der Waals surface area (Å²) >= 11 is 0. The zero-order valence-electron chi connectivity index (χ0n) is 17.5. The average molecular weight is 396 g/mol. The Morgan fingerprint density at radius 1 is 1.21 bits per heavy atom. The lowest BCUT2D eigenvalue weighted by Gasteiger charge is -2.37. The second-order valence-corrected chi connectivity index (χ2v) is 7.86. The highest BCUT2D eigenvalue weighted by atomic mass is 16.5. The highest BCUT2D eigenvalue weighted by Gasteiger charge is 2.39. The number of carbonyl (C=O) groups excluding carboxylic acids is 3. The molecule has 1 saturated heterocycles. The van der Waals surface area contributed by atoms with Gasteiger partial charge in [0.15, 0.2) is 5.78 Å². The molecule has 1 fully saturated rings. The Balaban J connectivity index is 2.11. The Labute approximate surface area is 172 Å². The van der Waals surface area contributed by atoms with Crippen LogP contribution in [-0.2, 0) is 14.3 Å². The number of hydrogen-bond donors (Lipinski definition) is 0. The van der Waals surface area contributed by atoms with Gasteiger partial charge in [-0.15, -0.1) is 0 Å². The van der Waals surface area contributed by atoms with E-state index in [0.717, 1.165) is 12.8 Å². The molecule has 2 rings (SSSR count). The number of allylic oxidation sites excluding steroid dienone is 1. The first kappa shape index (κ1) is 22.4. The summed E-state index contributed by atoms with van der Waals surface area (Å²) in [6.45, 7) is 6.42. The van der Waals surface area contributed by atoms with Gasteiger partial charge in [-0.05, 0) is 63.8 Å². The zero-order chi connectivity index (χ0) is 21.6. The van der Waals surface area contributed by atoms with E-state index in [4.69, 9.17) is 10.00 Å². The highest BCUT2D eigenvalue weighted by molar-refractivity contribution is 6.12. The summed E-state index contributed by atoms with van der Waals surface area (Å²) in [7, 11) is 1.38. The van der Waals surface area contributed by atoms with Crippen LogP contribution in [0.4, 0.5) is 0 Å². The van der Waals surface area contributed by atoms with Crippen LogP contribution in [0.5, 0.6) is 0 Å². The molecule has 1 heterocycles. The van der Waals surface area contributed by atoms with Gasteiger partial charge in [0.1, 0.15) is 0 Å². The average Bonchev–Trinajstić information content (AvgIpc) is 2.73. The van der Waals surface area contributed by atoms with Gasteiger partial charge < -0.3 is 9.64 Å². The molecule has 0 atom stereocenters. The first-order valence-electron chi connectivity index (χ1n) is 9.82. The minimum absolute atomic E-state index is 0.0934.